The Morgan fingerprint density at radius 2 is 2.06 bits per heavy atom. The van der Waals surface area contributed by atoms with E-state index >= 15 is 0 Å². The van der Waals surface area contributed by atoms with Gasteiger partial charge in [0.2, 0.25) is 5.88 Å². The van der Waals surface area contributed by atoms with Gasteiger partial charge in [0.15, 0.2) is 0 Å². The maximum atomic E-state index is 10.7. The summed E-state index contributed by atoms with van der Waals surface area (Å²) in [5.41, 5.74) is 3.83. The van der Waals surface area contributed by atoms with Gasteiger partial charge in [0.1, 0.15) is 6.29 Å². The van der Waals surface area contributed by atoms with E-state index in [1.54, 1.807) is 19.4 Å². The summed E-state index contributed by atoms with van der Waals surface area (Å²) < 4.78 is 5.01. The molecule has 0 saturated heterocycles. The van der Waals surface area contributed by atoms with Gasteiger partial charge in [0.25, 0.3) is 0 Å². The summed E-state index contributed by atoms with van der Waals surface area (Å²) >= 11 is 0. The molecular weight excluding hydrogens is 214 g/mol. The van der Waals surface area contributed by atoms with Crippen LogP contribution in [0.2, 0.25) is 0 Å². The summed E-state index contributed by atoms with van der Waals surface area (Å²) in [5.74, 6) is 0.593. The zero-order valence-electron chi connectivity index (χ0n) is 9.81. The molecule has 0 amide bonds. The van der Waals surface area contributed by atoms with Crippen molar-refractivity contribution in [3.05, 3.63) is 47.7 Å². The van der Waals surface area contributed by atoms with Crippen molar-refractivity contribution in [2.45, 2.75) is 6.92 Å². The van der Waals surface area contributed by atoms with Gasteiger partial charge in [0.05, 0.1) is 7.11 Å². The van der Waals surface area contributed by atoms with Crippen LogP contribution in [0.1, 0.15) is 15.9 Å². The van der Waals surface area contributed by atoms with Crippen LogP contribution in [0.4, 0.5) is 0 Å². The Hall–Kier alpha value is -2.16. The largest absolute Gasteiger partial charge is 0.481 e. The van der Waals surface area contributed by atoms with Crippen molar-refractivity contribution >= 4 is 6.29 Å². The number of carbonyl (C=O) groups excluding carboxylic acids is 1. The van der Waals surface area contributed by atoms with Gasteiger partial charge >= 0.3 is 0 Å². The quantitative estimate of drug-likeness (QED) is 0.757. The monoisotopic (exact) mass is 227 g/mol. The fraction of sp³-hybridized carbons (Fsp3) is 0.143. The van der Waals surface area contributed by atoms with Gasteiger partial charge in [0, 0.05) is 23.4 Å². The van der Waals surface area contributed by atoms with Crippen molar-refractivity contribution in [3.63, 3.8) is 0 Å². The van der Waals surface area contributed by atoms with Gasteiger partial charge in [-0.25, -0.2) is 4.98 Å². The summed E-state index contributed by atoms with van der Waals surface area (Å²) in [6, 6.07) is 9.38. The summed E-state index contributed by atoms with van der Waals surface area (Å²) in [7, 11) is 1.59. The first-order valence-corrected chi connectivity index (χ1v) is 5.31. The number of carbonyl (C=O) groups is 1. The fourth-order valence-corrected chi connectivity index (χ4v) is 1.74. The highest BCUT2D eigenvalue weighted by Crippen LogP contribution is 2.24. The SMILES string of the molecule is COc1ccc(-c2ccc(C=O)cc2C)cn1. The normalized spacial score (nSPS) is 10.0. The van der Waals surface area contributed by atoms with Crippen LogP contribution in [-0.2, 0) is 0 Å². The van der Waals surface area contributed by atoms with E-state index in [1.807, 2.05) is 31.2 Å². The van der Waals surface area contributed by atoms with Gasteiger partial charge in [-0.2, -0.15) is 0 Å². The van der Waals surface area contributed by atoms with Crippen LogP contribution in [-0.4, -0.2) is 18.4 Å². The third-order valence-corrected chi connectivity index (χ3v) is 2.64. The lowest BCUT2D eigenvalue weighted by molar-refractivity contribution is 0.112. The Morgan fingerprint density at radius 1 is 1.24 bits per heavy atom. The summed E-state index contributed by atoms with van der Waals surface area (Å²) in [5, 5.41) is 0. The molecule has 3 heteroatoms. The third kappa shape index (κ3) is 2.33. The van der Waals surface area contributed by atoms with Gasteiger partial charge in [-0.1, -0.05) is 12.1 Å². The molecule has 1 heterocycles. The number of ether oxygens (including phenoxy) is 1. The van der Waals surface area contributed by atoms with Crippen molar-refractivity contribution in [1.82, 2.24) is 4.98 Å². The Bertz CT molecular complexity index is 532. The highest BCUT2D eigenvalue weighted by Gasteiger charge is 2.03. The molecule has 0 atom stereocenters. The topological polar surface area (TPSA) is 39.2 Å². The molecule has 1 aromatic heterocycles. The highest BCUT2D eigenvalue weighted by atomic mass is 16.5. The van der Waals surface area contributed by atoms with Crippen LogP contribution in [0.15, 0.2) is 36.5 Å². The number of aryl methyl sites for hydroxylation is 1. The number of benzene rings is 1. The molecule has 0 radical (unpaired) electrons. The first kappa shape index (κ1) is 11.3. The molecule has 1 aromatic carbocycles. The van der Waals surface area contributed by atoms with Gasteiger partial charge in [-0.3, -0.25) is 4.79 Å². The lowest BCUT2D eigenvalue weighted by Crippen LogP contribution is -1.90. The second-order valence-corrected chi connectivity index (χ2v) is 3.78. The number of pyridine rings is 1. The molecule has 0 spiro atoms. The van der Waals surface area contributed by atoms with Gasteiger partial charge < -0.3 is 4.74 Å². The molecule has 2 rings (SSSR count). The second kappa shape index (κ2) is 4.78. The standard InChI is InChI=1S/C14H13NO2/c1-10-7-11(9-16)3-5-13(10)12-4-6-14(17-2)15-8-12/h3-9H,1-2H3. The molecular formula is C14H13NO2. The molecule has 0 saturated carbocycles. The van der Waals surface area contributed by atoms with E-state index in [9.17, 15) is 4.79 Å². The first-order valence-electron chi connectivity index (χ1n) is 5.31. The molecule has 0 bridgehead atoms. The van der Waals surface area contributed by atoms with E-state index in [0.717, 1.165) is 23.0 Å². The van der Waals surface area contributed by atoms with E-state index in [4.69, 9.17) is 4.74 Å². The van der Waals surface area contributed by atoms with Crippen molar-refractivity contribution < 1.29 is 9.53 Å². The Balaban J connectivity index is 2.41. The fourth-order valence-electron chi connectivity index (χ4n) is 1.74. The predicted octanol–water partition coefficient (Wildman–Crippen LogP) is 2.88. The van der Waals surface area contributed by atoms with Crippen LogP contribution in [0.25, 0.3) is 11.1 Å². The van der Waals surface area contributed by atoms with E-state index in [-0.39, 0.29) is 0 Å². The van der Waals surface area contributed by atoms with Crippen molar-refractivity contribution in [2.75, 3.05) is 7.11 Å². The van der Waals surface area contributed by atoms with E-state index in [1.165, 1.54) is 0 Å². The number of methoxy groups -OCH3 is 1. The van der Waals surface area contributed by atoms with Crippen LogP contribution >= 0.6 is 0 Å². The summed E-state index contributed by atoms with van der Waals surface area (Å²) in [6.07, 6.45) is 2.62. The predicted molar refractivity (Wildman–Crippen MR) is 66.3 cm³/mol. The van der Waals surface area contributed by atoms with Crippen molar-refractivity contribution in [1.29, 1.82) is 0 Å². The number of nitrogens with zero attached hydrogens (tertiary/aromatic N) is 1. The molecule has 0 aliphatic carbocycles. The number of aldehydes is 1. The Kier molecular flexibility index (Phi) is 3.19. The van der Waals surface area contributed by atoms with Crippen LogP contribution in [0, 0.1) is 6.92 Å². The highest BCUT2D eigenvalue weighted by molar-refractivity contribution is 5.78. The molecule has 2 aromatic rings. The van der Waals surface area contributed by atoms with Gasteiger partial charge in [-0.05, 0) is 30.2 Å². The number of hydrogen-bond acceptors (Lipinski definition) is 3. The maximum Gasteiger partial charge on any atom is 0.212 e. The van der Waals surface area contributed by atoms with Gasteiger partial charge in [-0.15, -0.1) is 0 Å². The summed E-state index contributed by atoms with van der Waals surface area (Å²) in [4.78, 5) is 14.8. The molecule has 0 aliphatic heterocycles. The molecule has 0 fully saturated rings. The Morgan fingerprint density at radius 3 is 2.59 bits per heavy atom. The van der Waals surface area contributed by atoms with Crippen molar-refractivity contribution in [3.8, 4) is 17.0 Å². The number of rotatable bonds is 3. The second-order valence-electron chi connectivity index (χ2n) is 3.78. The zero-order valence-corrected chi connectivity index (χ0v) is 9.81. The minimum Gasteiger partial charge on any atom is -0.481 e. The van der Waals surface area contributed by atoms with Crippen LogP contribution in [0.3, 0.4) is 0 Å². The van der Waals surface area contributed by atoms with E-state index < -0.39 is 0 Å². The molecule has 86 valence electrons. The zero-order chi connectivity index (χ0) is 12.3. The van der Waals surface area contributed by atoms with E-state index in [2.05, 4.69) is 4.98 Å². The number of aromatic nitrogens is 1. The molecule has 0 aliphatic rings. The Labute approximate surface area is 100 Å². The minimum absolute atomic E-state index is 0.593. The lowest BCUT2D eigenvalue weighted by atomic mass is 10.0. The molecule has 0 N–H and O–H groups in total. The summed E-state index contributed by atoms with van der Waals surface area (Å²) in [6.45, 7) is 1.98. The minimum atomic E-state index is 0.593. The maximum absolute atomic E-state index is 10.7. The van der Waals surface area contributed by atoms with Crippen LogP contribution < -0.4 is 4.74 Å². The van der Waals surface area contributed by atoms with Crippen LogP contribution in [0.5, 0.6) is 5.88 Å². The molecule has 3 nitrogen and oxygen atoms in total. The smallest absolute Gasteiger partial charge is 0.212 e. The third-order valence-electron chi connectivity index (χ3n) is 2.64. The first-order chi connectivity index (χ1) is 8.24. The molecule has 0 unspecified atom stereocenters. The number of hydrogen-bond donors (Lipinski definition) is 0. The average Bonchev–Trinajstić information content (AvgIpc) is 2.39. The van der Waals surface area contributed by atoms with E-state index in [0.29, 0.717) is 11.4 Å². The average molecular weight is 227 g/mol. The van der Waals surface area contributed by atoms with Crippen molar-refractivity contribution in [2.24, 2.45) is 0 Å². The lowest BCUT2D eigenvalue weighted by Gasteiger charge is -2.07. The molecule has 17 heavy (non-hydrogen) atoms.